The molecule has 1 N–H and O–H groups in total. The highest BCUT2D eigenvalue weighted by Crippen LogP contribution is 2.26. The number of anilines is 1. The Balaban J connectivity index is 1.37. The van der Waals surface area contributed by atoms with Crippen molar-refractivity contribution in [3.8, 4) is 5.75 Å². The van der Waals surface area contributed by atoms with Crippen LogP contribution in [0.15, 0.2) is 54.6 Å². The second-order valence-corrected chi connectivity index (χ2v) is 9.20. The summed E-state index contributed by atoms with van der Waals surface area (Å²) in [4.78, 5) is 12.4. The molecule has 3 rings (SSSR count). The number of likely N-dealkylation sites (tertiary alicyclic amines) is 1. The summed E-state index contributed by atoms with van der Waals surface area (Å²) in [6.45, 7) is 4.21. The van der Waals surface area contributed by atoms with Crippen molar-refractivity contribution in [2.75, 3.05) is 44.3 Å². The topological polar surface area (TPSA) is 41.6 Å². The van der Waals surface area contributed by atoms with E-state index in [0.29, 0.717) is 6.54 Å². The normalized spacial score (nSPS) is 21.1. The van der Waals surface area contributed by atoms with Gasteiger partial charge in [0.1, 0.15) is 5.75 Å². The van der Waals surface area contributed by atoms with E-state index in [9.17, 15) is 4.79 Å². The van der Waals surface area contributed by atoms with Crippen LogP contribution in [0.25, 0.3) is 0 Å². The number of hydrogen-bond donors (Lipinski definition) is 1. The van der Waals surface area contributed by atoms with Gasteiger partial charge in [0.2, 0.25) is 0 Å². The number of nitrogens with zero attached hydrogens (tertiary/aromatic N) is 2. The number of carbonyl (C=O) groups excluding carboxylic acids is 1. The molecule has 30 heavy (non-hydrogen) atoms. The molecule has 2 amide bonds. The maximum atomic E-state index is 12.4. The van der Waals surface area contributed by atoms with Crippen LogP contribution < -0.4 is 14.0 Å². The first kappa shape index (κ1) is 22.6. The molecule has 0 spiro atoms. The van der Waals surface area contributed by atoms with Crippen molar-refractivity contribution < 1.29 is 14.0 Å². The minimum atomic E-state index is -0.160. The van der Waals surface area contributed by atoms with Gasteiger partial charge in [-0.1, -0.05) is 36.4 Å². The Hall–Kier alpha value is -2.05. The van der Waals surface area contributed by atoms with E-state index in [2.05, 4.69) is 58.8 Å². The lowest BCUT2D eigenvalue weighted by Crippen LogP contribution is -2.51. The minimum absolute atomic E-state index is 0.160. The van der Waals surface area contributed by atoms with Gasteiger partial charge in [-0.15, -0.1) is 0 Å². The molecule has 1 heterocycles. The van der Waals surface area contributed by atoms with Crippen LogP contribution in [0.1, 0.15) is 24.8 Å². The van der Waals surface area contributed by atoms with E-state index in [1.54, 1.807) is 7.11 Å². The molecule has 0 atom stereocenters. The number of amides is 2. The van der Waals surface area contributed by atoms with Crippen molar-refractivity contribution in [1.82, 2.24) is 5.32 Å². The average Bonchev–Trinajstić information content (AvgIpc) is 2.78. The van der Waals surface area contributed by atoms with Crippen molar-refractivity contribution >= 4 is 27.9 Å². The third-order valence-electron chi connectivity index (χ3n) is 6.13. The van der Waals surface area contributed by atoms with Gasteiger partial charge in [0.15, 0.2) is 0 Å². The summed E-state index contributed by atoms with van der Waals surface area (Å²) < 4.78 is 7.77. The monoisotopic (exact) mass is 474 g/mol. The zero-order valence-electron chi connectivity index (χ0n) is 18.0. The Morgan fingerprint density at radius 2 is 1.90 bits per heavy atom. The van der Waals surface area contributed by atoms with Gasteiger partial charge in [0.05, 0.1) is 55.6 Å². The van der Waals surface area contributed by atoms with E-state index >= 15 is 0 Å². The fraction of sp³-hybridized carbons (Fsp3) is 0.458. The lowest BCUT2D eigenvalue weighted by Gasteiger charge is -2.41. The molecule has 0 aliphatic carbocycles. The quantitative estimate of drug-likeness (QED) is 0.331. The molecule has 162 valence electrons. The maximum absolute atomic E-state index is 12.4. The van der Waals surface area contributed by atoms with E-state index < -0.39 is 0 Å². The van der Waals surface area contributed by atoms with Crippen LogP contribution in [-0.2, 0) is 6.42 Å². The van der Waals surface area contributed by atoms with Crippen molar-refractivity contribution in [1.29, 1.82) is 0 Å². The van der Waals surface area contributed by atoms with Crippen LogP contribution in [0.2, 0.25) is 0 Å². The Bertz CT molecular complexity index is 807. The average molecular weight is 475 g/mol. The third-order valence-corrected chi connectivity index (χ3v) is 6.86. The Kier molecular flexibility index (Phi) is 8.16. The second-order valence-electron chi connectivity index (χ2n) is 8.49. The molecule has 2 aromatic carbocycles. The van der Waals surface area contributed by atoms with Crippen LogP contribution in [-0.4, -0.2) is 50.9 Å². The molecule has 0 aromatic heterocycles. The predicted molar refractivity (Wildman–Crippen MR) is 126 cm³/mol. The first-order chi connectivity index (χ1) is 14.5. The van der Waals surface area contributed by atoms with Crippen molar-refractivity contribution in [3.05, 3.63) is 60.2 Å². The molecule has 0 saturated carbocycles. The van der Waals surface area contributed by atoms with Gasteiger partial charge >= 0.3 is 6.03 Å². The molecular weight excluding hydrogens is 442 g/mol. The highest BCUT2D eigenvalue weighted by Gasteiger charge is 2.29. The van der Waals surface area contributed by atoms with Gasteiger partial charge in [-0.25, -0.2) is 8.72 Å². The van der Waals surface area contributed by atoms with Gasteiger partial charge in [-0.3, -0.25) is 0 Å². The molecule has 5 nitrogen and oxygen atoms in total. The predicted octanol–water partition coefficient (Wildman–Crippen LogP) is 5.01. The minimum Gasteiger partial charge on any atom is -0.497 e. The van der Waals surface area contributed by atoms with E-state index in [1.165, 1.54) is 41.8 Å². The van der Waals surface area contributed by atoms with Crippen LogP contribution in [0, 0.1) is 5.92 Å². The molecule has 0 unspecified atom stereocenters. The highest BCUT2D eigenvalue weighted by molar-refractivity contribution is 9.10. The SMILES string of the molecule is COc1cccc(N(Br)C(=O)NCCC[N+]2(C)CCC(Cc3ccccc3)CC2)c1. The molecule has 1 fully saturated rings. The van der Waals surface area contributed by atoms with E-state index in [-0.39, 0.29) is 6.03 Å². The molecule has 1 aliphatic rings. The number of hydrogen-bond acceptors (Lipinski definition) is 2. The number of quaternary nitrogens is 1. The third kappa shape index (κ3) is 6.47. The molecule has 1 aliphatic heterocycles. The largest absolute Gasteiger partial charge is 0.497 e. The van der Waals surface area contributed by atoms with Gasteiger partial charge < -0.3 is 14.5 Å². The van der Waals surface area contributed by atoms with Crippen molar-refractivity contribution in [2.24, 2.45) is 5.92 Å². The fourth-order valence-electron chi connectivity index (χ4n) is 4.20. The van der Waals surface area contributed by atoms with Crippen LogP contribution in [0.3, 0.4) is 0 Å². The second kappa shape index (κ2) is 10.8. The number of halogens is 1. The zero-order chi connectivity index (χ0) is 21.4. The van der Waals surface area contributed by atoms with Gasteiger partial charge in [-0.2, -0.15) is 0 Å². The van der Waals surface area contributed by atoms with Crippen molar-refractivity contribution in [3.63, 3.8) is 0 Å². The number of urea groups is 1. The maximum Gasteiger partial charge on any atom is 0.332 e. The van der Waals surface area contributed by atoms with Crippen LogP contribution in [0.4, 0.5) is 10.5 Å². The number of nitrogens with one attached hydrogen (secondary N) is 1. The first-order valence-electron chi connectivity index (χ1n) is 10.7. The summed E-state index contributed by atoms with van der Waals surface area (Å²) in [6.07, 6.45) is 4.73. The van der Waals surface area contributed by atoms with Gasteiger partial charge in [0.25, 0.3) is 0 Å². The van der Waals surface area contributed by atoms with Crippen molar-refractivity contribution in [2.45, 2.75) is 25.7 Å². The molecule has 6 heteroatoms. The fourth-order valence-corrected chi connectivity index (χ4v) is 4.54. The Labute approximate surface area is 188 Å². The summed E-state index contributed by atoms with van der Waals surface area (Å²) in [5.74, 6) is 1.51. The summed E-state index contributed by atoms with van der Waals surface area (Å²) in [7, 11) is 3.97. The van der Waals surface area contributed by atoms with Gasteiger partial charge in [-0.05, 0) is 42.9 Å². The highest BCUT2D eigenvalue weighted by atomic mass is 79.9. The molecule has 1 saturated heterocycles. The first-order valence-corrected chi connectivity index (χ1v) is 11.5. The van der Waals surface area contributed by atoms with Crippen LogP contribution >= 0.6 is 16.1 Å². The molecule has 0 bridgehead atoms. The number of benzene rings is 2. The standard InChI is InChI=1S/C24H32BrN3O2/c1-28(16-12-21(13-17-28)18-20-8-4-3-5-9-20)15-7-14-26-24(29)27(25)22-10-6-11-23(19-22)30-2/h3-6,8-11,19,21H,7,12-18H2,1-2H3/p+1. The van der Waals surface area contributed by atoms with Gasteiger partial charge in [0, 0.05) is 19.0 Å². The lowest BCUT2D eigenvalue weighted by molar-refractivity contribution is -0.915. The molecule has 2 aromatic rings. The van der Waals surface area contributed by atoms with E-state index in [4.69, 9.17) is 4.74 Å². The Morgan fingerprint density at radius 3 is 2.60 bits per heavy atom. The molecule has 0 radical (unpaired) electrons. The summed E-state index contributed by atoms with van der Waals surface area (Å²) in [5, 5.41) is 3.01. The summed E-state index contributed by atoms with van der Waals surface area (Å²) >= 11 is 3.35. The van der Waals surface area contributed by atoms with E-state index in [1.807, 2.05) is 24.3 Å². The number of methoxy groups -OCH3 is 1. The number of rotatable bonds is 8. The van der Waals surface area contributed by atoms with E-state index in [0.717, 1.165) is 34.8 Å². The zero-order valence-corrected chi connectivity index (χ0v) is 19.6. The lowest BCUT2D eigenvalue weighted by atomic mass is 9.89. The van der Waals surface area contributed by atoms with Crippen LogP contribution in [0.5, 0.6) is 5.75 Å². The number of ether oxygens (including phenoxy) is 1. The number of carbonyl (C=O) groups is 1. The Morgan fingerprint density at radius 1 is 1.17 bits per heavy atom. The number of piperidine rings is 1. The summed E-state index contributed by atoms with van der Waals surface area (Å²) in [5.41, 5.74) is 2.20. The smallest absolute Gasteiger partial charge is 0.332 e. The molecular formula is C24H33BrN3O2+. The summed E-state index contributed by atoms with van der Waals surface area (Å²) in [6, 6.07) is 18.1.